The third-order valence-electron chi connectivity index (χ3n) is 2.70. The maximum atomic E-state index is 10.4. The van der Waals surface area contributed by atoms with E-state index in [0.717, 1.165) is 19.6 Å². The van der Waals surface area contributed by atoms with E-state index in [0.29, 0.717) is 6.42 Å². The topological polar surface area (TPSA) is 58.6 Å². The summed E-state index contributed by atoms with van der Waals surface area (Å²) in [5, 5.41) is 11.9. The van der Waals surface area contributed by atoms with Crippen LogP contribution in [0.1, 0.15) is 40.0 Å². The lowest BCUT2D eigenvalue weighted by Crippen LogP contribution is -2.36. The number of ether oxygens (including phenoxy) is 1. The molecule has 0 aliphatic carbocycles. The van der Waals surface area contributed by atoms with Crippen LogP contribution in [-0.4, -0.2) is 37.4 Å². The molecule has 0 bridgehead atoms. The van der Waals surface area contributed by atoms with Crippen LogP contribution in [0, 0.1) is 5.41 Å². The van der Waals surface area contributed by atoms with Crippen LogP contribution in [0.15, 0.2) is 0 Å². The summed E-state index contributed by atoms with van der Waals surface area (Å²) in [6.45, 7) is 8.04. The highest BCUT2D eigenvalue weighted by Gasteiger charge is 2.18. The second-order valence-corrected chi connectivity index (χ2v) is 5.12. The van der Waals surface area contributed by atoms with Gasteiger partial charge in [-0.15, -0.1) is 0 Å². The first-order valence-electron chi connectivity index (χ1n) is 5.81. The Morgan fingerprint density at radius 3 is 2.62 bits per heavy atom. The van der Waals surface area contributed by atoms with Crippen LogP contribution in [0.5, 0.6) is 0 Å². The molecule has 0 aliphatic rings. The molecule has 0 saturated carbocycles. The van der Waals surface area contributed by atoms with Gasteiger partial charge in [-0.05, 0) is 25.2 Å². The maximum Gasteiger partial charge on any atom is 0.303 e. The molecule has 0 aromatic heterocycles. The fourth-order valence-corrected chi connectivity index (χ4v) is 1.36. The van der Waals surface area contributed by atoms with Crippen molar-refractivity contribution >= 4 is 5.97 Å². The van der Waals surface area contributed by atoms with E-state index in [1.54, 1.807) is 7.11 Å². The molecule has 0 aromatic carbocycles. The van der Waals surface area contributed by atoms with E-state index < -0.39 is 5.97 Å². The van der Waals surface area contributed by atoms with Crippen molar-refractivity contribution in [3.63, 3.8) is 0 Å². The molecule has 0 rings (SSSR count). The number of aliphatic carboxylic acids is 1. The SMILES string of the molecule is COCCC(C)(C)CNC(C)CCC(=O)O. The van der Waals surface area contributed by atoms with Crippen molar-refractivity contribution in [3.05, 3.63) is 0 Å². The predicted molar refractivity (Wildman–Crippen MR) is 64.6 cm³/mol. The van der Waals surface area contributed by atoms with E-state index in [-0.39, 0.29) is 17.9 Å². The van der Waals surface area contributed by atoms with Crippen LogP contribution in [-0.2, 0) is 9.53 Å². The van der Waals surface area contributed by atoms with Gasteiger partial charge >= 0.3 is 5.97 Å². The highest BCUT2D eigenvalue weighted by atomic mass is 16.5. The lowest BCUT2D eigenvalue weighted by atomic mass is 9.89. The Hall–Kier alpha value is -0.610. The predicted octanol–water partition coefficient (Wildman–Crippen LogP) is 1.89. The maximum absolute atomic E-state index is 10.4. The van der Waals surface area contributed by atoms with Gasteiger partial charge in [0.2, 0.25) is 0 Å². The summed E-state index contributed by atoms with van der Waals surface area (Å²) in [5.74, 6) is -0.729. The van der Waals surface area contributed by atoms with E-state index >= 15 is 0 Å². The number of carboxylic acids is 1. The van der Waals surface area contributed by atoms with E-state index in [1.165, 1.54) is 0 Å². The molecule has 96 valence electrons. The molecule has 0 saturated heterocycles. The molecular weight excluding hydrogens is 206 g/mol. The second-order valence-electron chi connectivity index (χ2n) is 5.12. The van der Waals surface area contributed by atoms with Gasteiger partial charge in [0.05, 0.1) is 0 Å². The number of rotatable bonds is 9. The van der Waals surface area contributed by atoms with E-state index in [9.17, 15) is 4.79 Å². The van der Waals surface area contributed by atoms with Gasteiger partial charge in [-0.1, -0.05) is 13.8 Å². The normalized spacial score (nSPS) is 13.8. The summed E-state index contributed by atoms with van der Waals surface area (Å²) in [5.41, 5.74) is 0.188. The minimum absolute atomic E-state index is 0.188. The lowest BCUT2D eigenvalue weighted by molar-refractivity contribution is -0.137. The van der Waals surface area contributed by atoms with Crippen LogP contribution >= 0.6 is 0 Å². The number of carbonyl (C=O) groups is 1. The van der Waals surface area contributed by atoms with Gasteiger partial charge in [0.1, 0.15) is 0 Å². The molecule has 0 aliphatic heterocycles. The number of methoxy groups -OCH3 is 1. The first-order chi connectivity index (χ1) is 7.37. The molecule has 0 spiro atoms. The summed E-state index contributed by atoms with van der Waals surface area (Å²) in [4.78, 5) is 10.4. The minimum atomic E-state index is -0.729. The van der Waals surface area contributed by atoms with Crippen molar-refractivity contribution in [2.24, 2.45) is 5.41 Å². The van der Waals surface area contributed by atoms with Gasteiger partial charge in [0.15, 0.2) is 0 Å². The molecule has 0 radical (unpaired) electrons. The Bertz CT molecular complexity index is 204. The average Bonchev–Trinajstić information content (AvgIpc) is 2.21. The fraction of sp³-hybridized carbons (Fsp3) is 0.917. The van der Waals surface area contributed by atoms with Crippen LogP contribution < -0.4 is 5.32 Å². The smallest absolute Gasteiger partial charge is 0.303 e. The molecule has 0 aromatic rings. The fourth-order valence-electron chi connectivity index (χ4n) is 1.36. The van der Waals surface area contributed by atoms with Crippen LogP contribution in [0.4, 0.5) is 0 Å². The standard InChI is InChI=1S/C12H25NO3/c1-10(5-6-11(14)15)13-9-12(2,3)7-8-16-4/h10,13H,5-9H2,1-4H3,(H,14,15). The quantitative estimate of drug-likeness (QED) is 0.636. The van der Waals surface area contributed by atoms with Gasteiger partial charge in [-0.2, -0.15) is 0 Å². The highest BCUT2D eigenvalue weighted by Crippen LogP contribution is 2.19. The Labute approximate surface area is 98.4 Å². The molecule has 0 fully saturated rings. The Morgan fingerprint density at radius 2 is 2.12 bits per heavy atom. The molecule has 2 N–H and O–H groups in total. The second kappa shape index (κ2) is 7.63. The molecule has 16 heavy (non-hydrogen) atoms. The van der Waals surface area contributed by atoms with Crippen LogP contribution in [0.3, 0.4) is 0 Å². The van der Waals surface area contributed by atoms with Crippen LogP contribution in [0.25, 0.3) is 0 Å². The van der Waals surface area contributed by atoms with Crippen molar-refractivity contribution in [2.75, 3.05) is 20.3 Å². The number of hydrogen-bond donors (Lipinski definition) is 2. The monoisotopic (exact) mass is 231 g/mol. The summed E-state index contributed by atoms with van der Waals surface area (Å²) >= 11 is 0. The van der Waals surface area contributed by atoms with Crippen molar-refractivity contribution < 1.29 is 14.6 Å². The van der Waals surface area contributed by atoms with Gasteiger partial charge in [0, 0.05) is 32.7 Å². The third kappa shape index (κ3) is 8.68. The lowest BCUT2D eigenvalue weighted by Gasteiger charge is -2.26. The molecule has 4 nitrogen and oxygen atoms in total. The van der Waals surface area contributed by atoms with Crippen molar-refractivity contribution in [1.29, 1.82) is 0 Å². The first kappa shape index (κ1) is 15.4. The number of nitrogens with one attached hydrogen (secondary N) is 1. The summed E-state index contributed by atoms with van der Waals surface area (Å²) in [6, 6.07) is 0.248. The largest absolute Gasteiger partial charge is 0.481 e. The van der Waals surface area contributed by atoms with E-state index in [2.05, 4.69) is 19.2 Å². The average molecular weight is 231 g/mol. The molecule has 1 atom stereocenters. The van der Waals surface area contributed by atoms with Gasteiger partial charge in [-0.25, -0.2) is 0 Å². The summed E-state index contributed by atoms with van der Waals surface area (Å²) in [6.07, 6.45) is 1.91. The molecule has 1 unspecified atom stereocenters. The molecular formula is C12H25NO3. The van der Waals surface area contributed by atoms with Crippen molar-refractivity contribution in [3.8, 4) is 0 Å². The van der Waals surface area contributed by atoms with Crippen LogP contribution in [0.2, 0.25) is 0 Å². The van der Waals surface area contributed by atoms with Gasteiger partial charge < -0.3 is 15.2 Å². The summed E-state index contributed by atoms with van der Waals surface area (Å²) < 4.78 is 5.06. The van der Waals surface area contributed by atoms with Crippen molar-refractivity contribution in [2.45, 2.75) is 46.1 Å². The van der Waals surface area contributed by atoms with Gasteiger partial charge in [-0.3, -0.25) is 4.79 Å². The zero-order chi connectivity index (χ0) is 12.6. The number of carboxylic acid groups (broad SMARTS) is 1. The highest BCUT2D eigenvalue weighted by molar-refractivity contribution is 5.66. The minimum Gasteiger partial charge on any atom is -0.481 e. The first-order valence-corrected chi connectivity index (χ1v) is 5.81. The van der Waals surface area contributed by atoms with Gasteiger partial charge in [0.25, 0.3) is 0 Å². The summed E-state index contributed by atoms with van der Waals surface area (Å²) in [7, 11) is 1.71. The molecule has 4 heteroatoms. The third-order valence-corrected chi connectivity index (χ3v) is 2.70. The Kier molecular flexibility index (Phi) is 7.34. The zero-order valence-corrected chi connectivity index (χ0v) is 10.9. The van der Waals surface area contributed by atoms with E-state index in [1.807, 2.05) is 6.92 Å². The molecule has 0 heterocycles. The van der Waals surface area contributed by atoms with Crippen molar-refractivity contribution in [1.82, 2.24) is 5.32 Å². The Balaban J connectivity index is 3.71. The number of hydrogen-bond acceptors (Lipinski definition) is 3. The molecule has 0 amide bonds. The zero-order valence-electron chi connectivity index (χ0n) is 10.9. The van der Waals surface area contributed by atoms with E-state index in [4.69, 9.17) is 9.84 Å². The Morgan fingerprint density at radius 1 is 1.50 bits per heavy atom.